The zero-order valence-corrected chi connectivity index (χ0v) is 10.7. The Balaban J connectivity index is 2.15. The maximum Gasteiger partial charge on any atom is 0.0560 e. The molecule has 0 atom stereocenters. The first-order valence-corrected chi connectivity index (χ1v) is 6.57. The van der Waals surface area contributed by atoms with Crippen molar-refractivity contribution in [2.75, 3.05) is 19.0 Å². The third-order valence-electron chi connectivity index (χ3n) is 1.66. The van der Waals surface area contributed by atoms with Gasteiger partial charge in [0.25, 0.3) is 0 Å². The third kappa shape index (κ3) is 5.03. The van der Waals surface area contributed by atoms with Crippen molar-refractivity contribution in [1.82, 2.24) is 0 Å². The van der Waals surface area contributed by atoms with Gasteiger partial charge in [-0.1, -0.05) is 22.9 Å². The molecule has 0 spiro atoms. The average molecular weight is 275 g/mol. The van der Waals surface area contributed by atoms with Crippen LogP contribution in [0.25, 0.3) is 0 Å². The van der Waals surface area contributed by atoms with Gasteiger partial charge in [0.1, 0.15) is 0 Å². The van der Waals surface area contributed by atoms with E-state index in [-0.39, 0.29) is 0 Å². The Morgan fingerprint density at radius 1 is 1.21 bits per heavy atom. The number of benzene rings is 1. The summed E-state index contributed by atoms with van der Waals surface area (Å²) < 4.78 is 6.53. The molecule has 0 saturated carbocycles. The molecular weight excluding hydrogens is 260 g/mol. The summed E-state index contributed by atoms with van der Waals surface area (Å²) in [7, 11) is 0. The molecule has 0 amide bonds. The van der Waals surface area contributed by atoms with Crippen molar-refractivity contribution in [3.05, 3.63) is 28.7 Å². The molecule has 0 aromatic heterocycles. The highest BCUT2D eigenvalue weighted by atomic mass is 79.9. The summed E-state index contributed by atoms with van der Waals surface area (Å²) >= 11 is 5.25. The third-order valence-corrected chi connectivity index (χ3v) is 3.16. The summed E-state index contributed by atoms with van der Waals surface area (Å²) in [6.07, 6.45) is 1.10. The van der Waals surface area contributed by atoms with Crippen molar-refractivity contribution < 1.29 is 4.74 Å². The summed E-state index contributed by atoms with van der Waals surface area (Å²) in [5, 5.41) is 0. The van der Waals surface area contributed by atoms with Crippen LogP contribution in [0.5, 0.6) is 0 Å². The fraction of sp³-hybridized carbons (Fsp3) is 0.455. The highest BCUT2D eigenvalue weighted by Crippen LogP contribution is 2.20. The minimum atomic E-state index is 0.842. The van der Waals surface area contributed by atoms with Crippen LogP contribution < -0.4 is 0 Å². The molecule has 1 aromatic carbocycles. The highest BCUT2D eigenvalue weighted by molar-refractivity contribution is 9.10. The molecule has 78 valence electrons. The lowest BCUT2D eigenvalue weighted by molar-refractivity contribution is 0.151. The Bertz CT molecular complexity index is 248. The number of hydrogen-bond acceptors (Lipinski definition) is 2. The molecule has 1 nitrogen and oxygen atoms in total. The van der Waals surface area contributed by atoms with Gasteiger partial charge in [-0.15, -0.1) is 11.8 Å². The van der Waals surface area contributed by atoms with Crippen LogP contribution in [0.4, 0.5) is 0 Å². The van der Waals surface area contributed by atoms with Gasteiger partial charge in [-0.3, -0.25) is 0 Å². The molecule has 0 heterocycles. The first kappa shape index (κ1) is 12.1. The zero-order chi connectivity index (χ0) is 10.2. The average Bonchev–Trinajstić information content (AvgIpc) is 2.21. The maximum atomic E-state index is 5.40. The SMILES string of the molecule is CCCOCCSc1ccc(Br)cc1. The van der Waals surface area contributed by atoms with Gasteiger partial charge < -0.3 is 4.74 Å². The van der Waals surface area contributed by atoms with E-state index in [1.54, 1.807) is 0 Å². The molecule has 0 aliphatic rings. The quantitative estimate of drug-likeness (QED) is 0.574. The molecule has 0 fully saturated rings. The van der Waals surface area contributed by atoms with Gasteiger partial charge >= 0.3 is 0 Å². The molecule has 1 aromatic rings. The van der Waals surface area contributed by atoms with Crippen LogP contribution in [0, 0.1) is 0 Å². The topological polar surface area (TPSA) is 9.23 Å². The van der Waals surface area contributed by atoms with Crippen LogP contribution in [0.3, 0.4) is 0 Å². The van der Waals surface area contributed by atoms with Crippen molar-refractivity contribution in [2.24, 2.45) is 0 Å². The van der Waals surface area contributed by atoms with Crippen molar-refractivity contribution >= 4 is 27.7 Å². The largest absolute Gasteiger partial charge is 0.381 e. The lowest BCUT2D eigenvalue weighted by Gasteiger charge is -2.02. The molecule has 1 rings (SSSR count). The summed E-state index contributed by atoms with van der Waals surface area (Å²) in [6, 6.07) is 8.37. The van der Waals surface area contributed by atoms with Gasteiger partial charge in [0.05, 0.1) is 6.61 Å². The summed E-state index contributed by atoms with van der Waals surface area (Å²) in [5.74, 6) is 1.03. The normalized spacial score (nSPS) is 10.4. The van der Waals surface area contributed by atoms with Crippen LogP contribution in [0.15, 0.2) is 33.6 Å². The summed E-state index contributed by atoms with van der Waals surface area (Å²) in [4.78, 5) is 1.30. The smallest absolute Gasteiger partial charge is 0.0560 e. The monoisotopic (exact) mass is 274 g/mol. The van der Waals surface area contributed by atoms with Gasteiger partial charge in [-0.05, 0) is 30.7 Å². The predicted molar refractivity (Wildman–Crippen MR) is 66.0 cm³/mol. The van der Waals surface area contributed by atoms with E-state index in [4.69, 9.17) is 4.74 Å². The maximum absolute atomic E-state index is 5.40. The van der Waals surface area contributed by atoms with Crippen LogP contribution in [0.1, 0.15) is 13.3 Å². The molecule has 0 aliphatic carbocycles. The first-order valence-electron chi connectivity index (χ1n) is 4.79. The zero-order valence-electron chi connectivity index (χ0n) is 8.33. The lowest BCUT2D eigenvalue weighted by atomic mass is 10.4. The van der Waals surface area contributed by atoms with E-state index in [0.29, 0.717) is 0 Å². The van der Waals surface area contributed by atoms with Crippen molar-refractivity contribution in [3.8, 4) is 0 Å². The van der Waals surface area contributed by atoms with E-state index in [9.17, 15) is 0 Å². The summed E-state index contributed by atoms with van der Waals surface area (Å²) in [6.45, 7) is 3.84. The molecule has 0 N–H and O–H groups in total. The van der Waals surface area contributed by atoms with Gasteiger partial charge in [0.2, 0.25) is 0 Å². The Labute approximate surface area is 98.4 Å². The minimum absolute atomic E-state index is 0.842. The molecule has 0 saturated heterocycles. The molecule has 3 heteroatoms. The fourth-order valence-corrected chi connectivity index (χ4v) is 2.03. The number of ether oxygens (including phenoxy) is 1. The standard InChI is InChI=1S/C11H15BrOS/c1-2-7-13-8-9-14-11-5-3-10(12)4-6-11/h3-6H,2,7-9H2,1H3. The predicted octanol–water partition coefficient (Wildman–Crippen LogP) is 3.97. The van der Waals surface area contributed by atoms with E-state index in [0.717, 1.165) is 29.9 Å². The Morgan fingerprint density at radius 2 is 1.93 bits per heavy atom. The molecule has 0 aliphatic heterocycles. The number of hydrogen-bond donors (Lipinski definition) is 0. The number of halogens is 1. The van der Waals surface area contributed by atoms with E-state index in [2.05, 4.69) is 47.1 Å². The van der Waals surface area contributed by atoms with Crippen molar-refractivity contribution in [2.45, 2.75) is 18.2 Å². The van der Waals surface area contributed by atoms with Gasteiger partial charge in [-0.2, -0.15) is 0 Å². The lowest BCUT2D eigenvalue weighted by Crippen LogP contribution is -1.97. The Kier molecular flexibility index (Phi) is 6.32. The number of thioether (sulfide) groups is 1. The molecule has 0 bridgehead atoms. The van der Waals surface area contributed by atoms with Crippen LogP contribution in [-0.2, 0) is 4.74 Å². The fourth-order valence-electron chi connectivity index (χ4n) is 0.996. The first-order chi connectivity index (χ1) is 6.83. The van der Waals surface area contributed by atoms with Crippen LogP contribution in [0.2, 0.25) is 0 Å². The number of rotatable bonds is 6. The summed E-state index contributed by atoms with van der Waals surface area (Å²) in [5.41, 5.74) is 0. The Morgan fingerprint density at radius 3 is 2.57 bits per heavy atom. The molecule has 14 heavy (non-hydrogen) atoms. The molecule has 0 radical (unpaired) electrons. The second-order valence-corrected chi connectivity index (χ2v) is 5.00. The van der Waals surface area contributed by atoms with E-state index < -0.39 is 0 Å². The van der Waals surface area contributed by atoms with Gasteiger partial charge in [0.15, 0.2) is 0 Å². The van der Waals surface area contributed by atoms with Crippen LogP contribution >= 0.6 is 27.7 Å². The van der Waals surface area contributed by atoms with Gasteiger partial charge in [0, 0.05) is 21.7 Å². The second kappa shape index (κ2) is 7.32. The highest BCUT2D eigenvalue weighted by Gasteiger charge is 1.93. The van der Waals surface area contributed by atoms with Gasteiger partial charge in [-0.25, -0.2) is 0 Å². The van der Waals surface area contributed by atoms with E-state index >= 15 is 0 Å². The van der Waals surface area contributed by atoms with E-state index in [1.807, 2.05) is 11.8 Å². The van der Waals surface area contributed by atoms with Crippen molar-refractivity contribution in [1.29, 1.82) is 0 Å². The van der Waals surface area contributed by atoms with E-state index in [1.165, 1.54) is 4.90 Å². The minimum Gasteiger partial charge on any atom is -0.381 e. The Hall–Kier alpha value is 0.01000. The second-order valence-electron chi connectivity index (χ2n) is 2.91. The van der Waals surface area contributed by atoms with Crippen molar-refractivity contribution in [3.63, 3.8) is 0 Å². The van der Waals surface area contributed by atoms with Crippen LogP contribution in [-0.4, -0.2) is 19.0 Å². The molecule has 0 unspecified atom stereocenters. The molecular formula is C11H15BrOS.